The lowest BCUT2D eigenvalue weighted by atomic mass is 10.0. The second-order valence-corrected chi connectivity index (χ2v) is 10.1. The molecule has 0 aliphatic heterocycles. The van der Waals surface area contributed by atoms with Gasteiger partial charge >= 0.3 is 5.97 Å². The lowest BCUT2D eigenvalue weighted by Gasteiger charge is -2.14. The summed E-state index contributed by atoms with van der Waals surface area (Å²) in [6.07, 6.45) is 15.0. The number of carbonyl (C=O) groups is 1. The third-order valence-electron chi connectivity index (χ3n) is 6.73. The number of benzene rings is 2. The molecule has 200 valence electrons. The van der Waals surface area contributed by atoms with E-state index in [0.717, 1.165) is 36.9 Å². The summed E-state index contributed by atoms with van der Waals surface area (Å²) in [5.41, 5.74) is 0.502. The van der Waals surface area contributed by atoms with Gasteiger partial charge in [0.15, 0.2) is 0 Å². The van der Waals surface area contributed by atoms with Crippen molar-refractivity contribution in [1.29, 1.82) is 0 Å². The van der Waals surface area contributed by atoms with E-state index in [1.807, 2.05) is 24.3 Å². The molecule has 0 amide bonds. The molecule has 2 rings (SSSR count). The highest BCUT2D eigenvalue weighted by molar-refractivity contribution is 5.91. The third-order valence-corrected chi connectivity index (χ3v) is 6.73. The van der Waals surface area contributed by atoms with Gasteiger partial charge in [-0.15, -0.1) is 0 Å². The fourth-order valence-corrected chi connectivity index (χ4v) is 4.11. The zero-order chi connectivity index (χ0) is 26.0. The largest absolute Gasteiger partial charge is 0.494 e. The molecule has 2 atom stereocenters. The molecule has 0 N–H and O–H groups in total. The predicted molar refractivity (Wildman–Crippen MR) is 149 cm³/mol. The van der Waals surface area contributed by atoms with Gasteiger partial charge < -0.3 is 14.2 Å². The maximum atomic E-state index is 12.5. The molecule has 0 aliphatic carbocycles. The Labute approximate surface area is 219 Å². The molecule has 4 heteroatoms. The smallest absolute Gasteiger partial charge is 0.343 e. The van der Waals surface area contributed by atoms with Crippen LogP contribution in [0.5, 0.6) is 17.2 Å². The highest BCUT2D eigenvalue weighted by Gasteiger charge is 2.10. The summed E-state index contributed by atoms with van der Waals surface area (Å²) in [5.74, 6) is 2.57. The Morgan fingerprint density at radius 3 is 1.97 bits per heavy atom. The van der Waals surface area contributed by atoms with Gasteiger partial charge in [-0.05, 0) is 80.6 Å². The molecule has 2 aromatic rings. The molecule has 0 saturated heterocycles. The van der Waals surface area contributed by atoms with E-state index in [1.165, 1.54) is 64.2 Å². The van der Waals surface area contributed by atoms with Crippen LogP contribution in [-0.4, -0.2) is 18.7 Å². The zero-order valence-electron chi connectivity index (χ0n) is 23.1. The van der Waals surface area contributed by atoms with Crippen LogP contribution < -0.4 is 14.2 Å². The molecule has 0 saturated carbocycles. The second-order valence-electron chi connectivity index (χ2n) is 10.1. The van der Waals surface area contributed by atoms with Gasteiger partial charge in [0.25, 0.3) is 0 Å². The highest BCUT2D eigenvalue weighted by Crippen LogP contribution is 2.21. The van der Waals surface area contributed by atoms with Crippen molar-refractivity contribution in [2.45, 2.75) is 111 Å². The Morgan fingerprint density at radius 1 is 0.694 bits per heavy atom. The molecule has 36 heavy (non-hydrogen) atoms. The van der Waals surface area contributed by atoms with Crippen molar-refractivity contribution in [3.05, 3.63) is 54.1 Å². The lowest BCUT2D eigenvalue weighted by molar-refractivity contribution is 0.0734. The summed E-state index contributed by atoms with van der Waals surface area (Å²) in [6.45, 7) is 9.64. The minimum absolute atomic E-state index is 0.167. The molecule has 0 spiro atoms. The average Bonchev–Trinajstić information content (AvgIpc) is 2.89. The molecule has 0 heterocycles. The quantitative estimate of drug-likeness (QED) is 0.110. The minimum atomic E-state index is -0.379. The Morgan fingerprint density at radius 2 is 1.28 bits per heavy atom. The van der Waals surface area contributed by atoms with E-state index >= 15 is 0 Å². The monoisotopic (exact) mass is 496 g/mol. The normalized spacial score (nSPS) is 12.7. The van der Waals surface area contributed by atoms with Gasteiger partial charge in [0.2, 0.25) is 0 Å². The molecular formula is C32H48O4. The maximum absolute atomic E-state index is 12.5. The molecule has 2 aromatic carbocycles. The summed E-state index contributed by atoms with van der Waals surface area (Å²) in [6, 6.07) is 14.4. The van der Waals surface area contributed by atoms with Gasteiger partial charge in [-0.25, -0.2) is 4.79 Å². The Kier molecular flexibility index (Phi) is 14.8. The van der Waals surface area contributed by atoms with Crippen LogP contribution in [-0.2, 0) is 0 Å². The summed E-state index contributed by atoms with van der Waals surface area (Å²) >= 11 is 0. The molecule has 0 aromatic heterocycles. The first-order valence-corrected chi connectivity index (χ1v) is 14.2. The fourth-order valence-electron chi connectivity index (χ4n) is 4.11. The Bertz CT molecular complexity index is 828. The first-order valence-electron chi connectivity index (χ1n) is 14.2. The Hall–Kier alpha value is -2.49. The van der Waals surface area contributed by atoms with Crippen LogP contribution in [0.25, 0.3) is 0 Å². The van der Waals surface area contributed by atoms with Crippen molar-refractivity contribution < 1.29 is 19.0 Å². The van der Waals surface area contributed by atoms with Crippen molar-refractivity contribution in [2.24, 2.45) is 5.92 Å². The highest BCUT2D eigenvalue weighted by atomic mass is 16.5. The van der Waals surface area contributed by atoms with E-state index in [9.17, 15) is 4.79 Å². The Balaban J connectivity index is 1.65. The molecule has 0 radical (unpaired) electrons. The number of unbranched alkanes of at least 4 members (excludes halogenated alkanes) is 7. The van der Waals surface area contributed by atoms with Gasteiger partial charge in [0.1, 0.15) is 17.2 Å². The first kappa shape index (κ1) is 29.7. The maximum Gasteiger partial charge on any atom is 0.343 e. The van der Waals surface area contributed by atoms with Crippen LogP contribution in [0.3, 0.4) is 0 Å². The second kappa shape index (κ2) is 17.9. The number of esters is 1. The van der Waals surface area contributed by atoms with Crippen molar-refractivity contribution in [1.82, 2.24) is 0 Å². The van der Waals surface area contributed by atoms with Crippen molar-refractivity contribution in [2.75, 3.05) is 6.61 Å². The van der Waals surface area contributed by atoms with Gasteiger partial charge in [-0.3, -0.25) is 0 Å². The summed E-state index contributed by atoms with van der Waals surface area (Å²) in [4.78, 5) is 12.5. The van der Waals surface area contributed by atoms with Crippen LogP contribution in [0.1, 0.15) is 115 Å². The van der Waals surface area contributed by atoms with Crippen molar-refractivity contribution in [3.63, 3.8) is 0 Å². The van der Waals surface area contributed by atoms with E-state index in [4.69, 9.17) is 14.2 Å². The van der Waals surface area contributed by atoms with Crippen molar-refractivity contribution >= 4 is 5.97 Å². The van der Waals surface area contributed by atoms with Crippen LogP contribution >= 0.6 is 0 Å². The number of ether oxygens (including phenoxy) is 3. The topological polar surface area (TPSA) is 44.8 Å². The SMILES string of the molecule is CCCCCC[C@@H](C)Oc1ccc(C(=O)Oc2ccc(OCCCCCCC[C@@H](C)CC)cc2)cc1. The summed E-state index contributed by atoms with van der Waals surface area (Å²) < 4.78 is 17.3. The molecule has 0 unspecified atom stereocenters. The molecule has 0 bridgehead atoms. The third kappa shape index (κ3) is 12.5. The van der Waals surface area contributed by atoms with Crippen LogP contribution in [0, 0.1) is 5.92 Å². The van der Waals surface area contributed by atoms with Gasteiger partial charge in [-0.1, -0.05) is 78.6 Å². The van der Waals surface area contributed by atoms with E-state index in [2.05, 4.69) is 27.7 Å². The molecule has 4 nitrogen and oxygen atoms in total. The number of hydrogen-bond donors (Lipinski definition) is 0. The average molecular weight is 497 g/mol. The van der Waals surface area contributed by atoms with Crippen molar-refractivity contribution in [3.8, 4) is 17.2 Å². The number of carbonyl (C=O) groups excluding carboxylic acids is 1. The van der Waals surface area contributed by atoms with Gasteiger partial charge in [-0.2, -0.15) is 0 Å². The minimum Gasteiger partial charge on any atom is -0.494 e. The standard InChI is InChI=1S/C32H48O4/c1-5-7-8-13-16-27(4)35-30-19-17-28(18-20-30)32(33)36-31-23-21-29(22-24-31)34-25-14-11-9-10-12-15-26(3)6-2/h17-24,26-27H,5-16,25H2,1-4H3/t26-,27+/m0/s1. The van der Waals surface area contributed by atoms with E-state index < -0.39 is 0 Å². The first-order chi connectivity index (χ1) is 17.5. The zero-order valence-corrected chi connectivity index (χ0v) is 23.1. The molecular weight excluding hydrogens is 448 g/mol. The van der Waals surface area contributed by atoms with E-state index in [0.29, 0.717) is 11.3 Å². The molecule has 0 aliphatic rings. The predicted octanol–water partition coefficient (Wildman–Crippen LogP) is 9.41. The number of hydrogen-bond acceptors (Lipinski definition) is 4. The summed E-state index contributed by atoms with van der Waals surface area (Å²) in [7, 11) is 0. The van der Waals surface area contributed by atoms with Crippen LogP contribution in [0.2, 0.25) is 0 Å². The van der Waals surface area contributed by atoms with Gasteiger partial charge in [0, 0.05) is 0 Å². The number of rotatable bonds is 19. The lowest BCUT2D eigenvalue weighted by Crippen LogP contribution is -2.12. The van der Waals surface area contributed by atoms with Crippen LogP contribution in [0.15, 0.2) is 48.5 Å². The van der Waals surface area contributed by atoms with Crippen LogP contribution in [0.4, 0.5) is 0 Å². The summed E-state index contributed by atoms with van der Waals surface area (Å²) in [5, 5.41) is 0. The van der Waals surface area contributed by atoms with E-state index in [1.54, 1.807) is 24.3 Å². The van der Waals surface area contributed by atoms with E-state index in [-0.39, 0.29) is 12.1 Å². The molecule has 0 fully saturated rings. The fraction of sp³-hybridized carbons (Fsp3) is 0.594. The van der Waals surface area contributed by atoms with Gasteiger partial charge in [0.05, 0.1) is 18.3 Å².